The number of hydrogen-bond donors (Lipinski definition) is 2. The van der Waals surface area contributed by atoms with E-state index < -0.39 is 30.5 Å². The monoisotopic (exact) mass is 509 g/mol. The van der Waals surface area contributed by atoms with Gasteiger partial charge in [0.05, 0.1) is 6.54 Å². The van der Waals surface area contributed by atoms with Gasteiger partial charge in [-0.25, -0.2) is 28.9 Å². The van der Waals surface area contributed by atoms with Gasteiger partial charge in [0, 0.05) is 16.8 Å². The number of pyridine rings is 1. The van der Waals surface area contributed by atoms with Crippen LogP contribution in [-0.4, -0.2) is 62.6 Å². The van der Waals surface area contributed by atoms with Gasteiger partial charge in [-0.05, 0) is 36.4 Å². The van der Waals surface area contributed by atoms with Crippen molar-refractivity contribution in [1.29, 1.82) is 0 Å². The average Bonchev–Trinajstić information content (AvgIpc) is 3.39. The Morgan fingerprint density at radius 2 is 1.83 bits per heavy atom. The zero-order chi connectivity index (χ0) is 25.3. The third-order valence-corrected chi connectivity index (χ3v) is 5.08. The van der Waals surface area contributed by atoms with Gasteiger partial charge in [0.2, 0.25) is 0 Å². The number of aromatic carboxylic acids is 1. The number of alkyl halides is 3. The molecule has 3 heterocycles. The molecule has 0 saturated carbocycles. The fourth-order valence-corrected chi connectivity index (χ4v) is 3.28. The van der Waals surface area contributed by atoms with E-state index in [1.165, 1.54) is 48.9 Å². The lowest BCUT2D eigenvalue weighted by Crippen LogP contribution is -2.37. The number of aliphatic hydroxyl groups excluding tert-OH is 1. The molecule has 4 aromatic rings. The van der Waals surface area contributed by atoms with E-state index >= 15 is 0 Å². The fourth-order valence-electron chi connectivity index (χ4n) is 3.15. The fraction of sp³-hybridized carbons (Fsp3) is 0.200. The number of aromatic nitrogens is 7. The maximum absolute atomic E-state index is 13.0. The van der Waals surface area contributed by atoms with E-state index in [4.69, 9.17) is 11.6 Å². The van der Waals surface area contributed by atoms with Crippen molar-refractivity contribution in [1.82, 2.24) is 34.1 Å². The van der Waals surface area contributed by atoms with Crippen LogP contribution < -0.4 is 5.69 Å². The summed E-state index contributed by atoms with van der Waals surface area (Å²) in [4.78, 5) is 32.3. The molecular formula is C20H15ClF3N7O4. The van der Waals surface area contributed by atoms with Crippen LogP contribution >= 0.6 is 11.6 Å². The Balaban J connectivity index is 1.71. The van der Waals surface area contributed by atoms with E-state index in [1.807, 2.05) is 0 Å². The highest BCUT2D eigenvalue weighted by molar-refractivity contribution is 6.30. The molecule has 0 aliphatic carbocycles. The molecule has 0 amide bonds. The van der Waals surface area contributed by atoms with E-state index in [2.05, 4.69) is 20.2 Å². The molecule has 35 heavy (non-hydrogen) atoms. The third-order valence-electron chi connectivity index (χ3n) is 4.82. The van der Waals surface area contributed by atoms with Gasteiger partial charge < -0.3 is 10.2 Å². The second-order valence-corrected chi connectivity index (χ2v) is 7.66. The maximum atomic E-state index is 13.0. The summed E-state index contributed by atoms with van der Waals surface area (Å²) < 4.78 is 41.6. The maximum Gasteiger partial charge on any atom is 0.416 e. The Bertz CT molecular complexity index is 1430. The number of carboxylic acid groups (broad SMARTS) is 1. The molecule has 2 N–H and O–H groups in total. The van der Waals surface area contributed by atoms with Crippen molar-refractivity contribution in [2.24, 2.45) is 0 Å². The highest BCUT2D eigenvalue weighted by Gasteiger charge is 2.39. The summed E-state index contributed by atoms with van der Waals surface area (Å²) in [6.45, 7) is -1.44. The van der Waals surface area contributed by atoms with E-state index in [0.717, 1.165) is 9.36 Å². The number of rotatable bonds is 7. The SMILES string of the molecule is O=C(O)c1cccnc1-n1cnc(Cn2nc(-c3ccc(Cl)cc3)n(CC(O)C(F)(F)F)c2=O)n1. The molecule has 4 rings (SSSR count). The third kappa shape index (κ3) is 5.07. The molecular weight excluding hydrogens is 495 g/mol. The number of aliphatic hydroxyl groups is 1. The number of carbonyl (C=O) groups is 1. The molecule has 3 aromatic heterocycles. The largest absolute Gasteiger partial charge is 0.478 e. The quantitative estimate of drug-likeness (QED) is 0.385. The zero-order valence-electron chi connectivity index (χ0n) is 17.5. The van der Waals surface area contributed by atoms with Gasteiger partial charge in [-0.15, -0.1) is 10.2 Å². The van der Waals surface area contributed by atoms with E-state index in [9.17, 15) is 33.0 Å². The minimum absolute atomic E-state index is 0.0118. The summed E-state index contributed by atoms with van der Waals surface area (Å²) in [5.41, 5.74) is -0.798. The van der Waals surface area contributed by atoms with Crippen LogP contribution in [0.3, 0.4) is 0 Å². The van der Waals surface area contributed by atoms with Gasteiger partial charge in [0.15, 0.2) is 23.6 Å². The van der Waals surface area contributed by atoms with Gasteiger partial charge in [-0.2, -0.15) is 13.2 Å². The van der Waals surface area contributed by atoms with E-state index in [0.29, 0.717) is 9.59 Å². The molecule has 182 valence electrons. The van der Waals surface area contributed by atoms with Crippen LogP contribution in [0, 0.1) is 0 Å². The lowest BCUT2D eigenvalue weighted by Gasteiger charge is -2.15. The molecule has 15 heteroatoms. The van der Waals surface area contributed by atoms with Crippen molar-refractivity contribution in [2.45, 2.75) is 25.4 Å². The lowest BCUT2D eigenvalue weighted by molar-refractivity contribution is -0.207. The van der Waals surface area contributed by atoms with E-state index in [1.54, 1.807) is 0 Å². The van der Waals surface area contributed by atoms with Crippen LogP contribution in [0.25, 0.3) is 17.2 Å². The average molecular weight is 510 g/mol. The predicted molar refractivity (Wildman–Crippen MR) is 114 cm³/mol. The predicted octanol–water partition coefficient (Wildman–Crippen LogP) is 2.01. The Kier molecular flexibility index (Phi) is 6.41. The summed E-state index contributed by atoms with van der Waals surface area (Å²) in [7, 11) is 0. The van der Waals surface area contributed by atoms with Crippen LogP contribution in [0.4, 0.5) is 13.2 Å². The Labute approximate surface area is 198 Å². The second-order valence-electron chi connectivity index (χ2n) is 7.22. The van der Waals surface area contributed by atoms with Crippen LogP contribution in [-0.2, 0) is 13.1 Å². The minimum Gasteiger partial charge on any atom is -0.478 e. The summed E-state index contributed by atoms with van der Waals surface area (Å²) in [6.07, 6.45) is -5.22. The molecule has 0 saturated heterocycles. The number of carboxylic acids is 1. The topological polar surface area (TPSA) is 141 Å². The summed E-state index contributed by atoms with van der Waals surface area (Å²) in [5.74, 6) is -1.38. The lowest BCUT2D eigenvalue weighted by atomic mass is 10.2. The number of hydrogen-bond acceptors (Lipinski definition) is 7. The molecule has 1 atom stereocenters. The first-order chi connectivity index (χ1) is 16.5. The summed E-state index contributed by atoms with van der Waals surface area (Å²) >= 11 is 5.87. The van der Waals surface area contributed by atoms with Crippen LogP contribution in [0.5, 0.6) is 0 Å². The van der Waals surface area contributed by atoms with Crippen molar-refractivity contribution < 1.29 is 28.2 Å². The molecule has 0 radical (unpaired) electrons. The van der Waals surface area contributed by atoms with Crippen LogP contribution in [0.15, 0.2) is 53.7 Å². The normalized spacial score (nSPS) is 12.6. The van der Waals surface area contributed by atoms with Crippen molar-refractivity contribution in [2.75, 3.05) is 0 Å². The molecule has 0 bridgehead atoms. The van der Waals surface area contributed by atoms with Crippen LogP contribution in [0.1, 0.15) is 16.2 Å². The highest BCUT2D eigenvalue weighted by atomic mass is 35.5. The van der Waals surface area contributed by atoms with Crippen molar-refractivity contribution in [3.05, 3.63) is 75.8 Å². The molecule has 0 fully saturated rings. The van der Waals surface area contributed by atoms with E-state index in [-0.39, 0.29) is 35.1 Å². The van der Waals surface area contributed by atoms with Crippen LogP contribution in [0.2, 0.25) is 5.02 Å². The highest BCUT2D eigenvalue weighted by Crippen LogP contribution is 2.24. The molecule has 1 aromatic carbocycles. The standard InChI is InChI=1S/C20H15ClF3N7O4/c21-12-5-3-11(4-6-12)16-28-30(19(35)29(16)8-14(32)20(22,23)24)9-15-26-10-31(27-15)17-13(18(33)34)2-1-7-25-17/h1-7,10,14,32H,8-9H2,(H,33,34). The van der Waals surface area contributed by atoms with Crippen molar-refractivity contribution in [3.8, 4) is 17.2 Å². The zero-order valence-corrected chi connectivity index (χ0v) is 18.2. The van der Waals surface area contributed by atoms with Gasteiger partial charge >= 0.3 is 17.8 Å². The Morgan fingerprint density at radius 1 is 1.11 bits per heavy atom. The number of nitrogens with zero attached hydrogens (tertiary/aromatic N) is 7. The molecule has 1 unspecified atom stereocenters. The molecule has 11 nitrogen and oxygen atoms in total. The van der Waals surface area contributed by atoms with Gasteiger partial charge in [0.1, 0.15) is 18.4 Å². The first-order valence-corrected chi connectivity index (χ1v) is 10.2. The Hall–Kier alpha value is -4.04. The van der Waals surface area contributed by atoms with Crippen molar-refractivity contribution >= 4 is 17.6 Å². The minimum atomic E-state index is -4.95. The molecule has 0 aliphatic heterocycles. The summed E-state index contributed by atoms with van der Waals surface area (Å²) in [6, 6.07) is 8.63. The van der Waals surface area contributed by atoms with Gasteiger partial charge in [-0.1, -0.05) is 11.6 Å². The summed E-state index contributed by atoms with van der Waals surface area (Å²) in [5, 5.41) is 27.5. The number of benzene rings is 1. The molecule has 0 spiro atoms. The molecule has 0 aliphatic rings. The second kappa shape index (κ2) is 9.31. The number of halogens is 4. The van der Waals surface area contributed by atoms with Gasteiger partial charge in [0.25, 0.3) is 0 Å². The first kappa shape index (κ1) is 24.1. The van der Waals surface area contributed by atoms with Crippen molar-refractivity contribution in [3.63, 3.8) is 0 Å². The smallest absolute Gasteiger partial charge is 0.416 e. The Morgan fingerprint density at radius 3 is 2.49 bits per heavy atom. The van der Waals surface area contributed by atoms with Gasteiger partial charge in [-0.3, -0.25) is 4.57 Å². The first-order valence-electron chi connectivity index (χ1n) is 9.82.